The van der Waals surface area contributed by atoms with Gasteiger partial charge in [0.15, 0.2) is 46.5 Å². The van der Waals surface area contributed by atoms with Crippen molar-refractivity contribution in [2.24, 2.45) is 0 Å². The Morgan fingerprint density at radius 3 is 0.840 bits per heavy atom. The van der Waals surface area contributed by atoms with Crippen molar-refractivity contribution in [2.75, 3.05) is 0 Å². The Labute approximate surface area is 133 Å². The molecule has 0 aliphatic carbocycles. The first kappa shape index (κ1) is 17.7. The van der Waals surface area contributed by atoms with Gasteiger partial charge in [0, 0.05) is 0 Å². The SMILES string of the molecule is Fc1c(F)c(F)c(C2(c3c(F)c(F)c(F)c(F)c3F)O[Si]2)c(F)c1F. The fourth-order valence-corrected chi connectivity index (χ4v) is 3.16. The Hall–Kier alpha value is -2.08. The molecule has 132 valence electrons. The number of hydrogen-bond acceptors (Lipinski definition) is 1. The Morgan fingerprint density at radius 1 is 0.440 bits per heavy atom. The summed E-state index contributed by atoms with van der Waals surface area (Å²) < 4.78 is 139. The zero-order chi connectivity index (χ0) is 18.8. The second-order valence-corrected chi connectivity index (χ2v) is 5.89. The third kappa shape index (κ3) is 2.20. The van der Waals surface area contributed by atoms with Gasteiger partial charge in [-0.1, -0.05) is 0 Å². The smallest absolute Gasteiger partial charge is 0.278 e. The molecule has 0 saturated carbocycles. The summed E-state index contributed by atoms with van der Waals surface area (Å²) in [4.78, 5) is 0. The van der Waals surface area contributed by atoms with E-state index in [4.69, 9.17) is 0 Å². The standard InChI is InChI=1S/C13F10OSi/c14-3-1(4(15)8(19)11(22)7(3)18)13(24-25-13)2-5(16)9(20)12(23)10(21)6(2)17. The molecule has 0 bridgehead atoms. The Balaban J connectivity index is 2.39. The summed E-state index contributed by atoms with van der Waals surface area (Å²) >= 11 is 0. The Morgan fingerprint density at radius 2 is 0.640 bits per heavy atom. The first-order valence-electron chi connectivity index (χ1n) is 6.05. The summed E-state index contributed by atoms with van der Waals surface area (Å²) in [5, 5.41) is -3.02. The van der Waals surface area contributed by atoms with Crippen LogP contribution in [0.25, 0.3) is 0 Å². The van der Waals surface area contributed by atoms with Gasteiger partial charge in [-0.25, -0.2) is 43.9 Å². The van der Waals surface area contributed by atoms with E-state index in [0.29, 0.717) is 0 Å². The summed E-state index contributed by atoms with van der Waals surface area (Å²) in [6.45, 7) is 0. The molecular weight excluding hydrogens is 390 g/mol. The number of halogens is 10. The monoisotopic (exact) mass is 390 g/mol. The molecule has 2 radical (unpaired) electrons. The van der Waals surface area contributed by atoms with Gasteiger partial charge in [0.2, 0.25) is 11.6 Å². The molecule has 1 saturated heterocycles. The summed E-state index contributed by atoms with van der Waals surface area (Å²) in [5.41, 5.74) is -3.68. The molecule has 12 heteroatoms. The van der Waals surface area contributed by atoms with Crippen LogP contribution < -0.4 is 0 Å². The first-order valence-corrected chi connectivity index (χ1v) is 6.96. The van der Waals surface area contributed by atoms with Gasteiger partial charge >= 0.3 is 0 Å². The highest BCUT2D eigenvalue weighted by molar-refractivity contribution is 6.44. The molecule has 2 aromatic carbocycles. The summed E-state index contributed by atoms with van der Waals surface area (Å²) in [7, 11) is -1.36. The topological polar surface area (TPSA) is 12.5 Å². The molecule has 0 aromatic heterocycles. The van der Waals surface area contributed by atoms with E-state index in [9.17, 15) is 43.9 Å². The maximum Gasteiger partial charge on any atom is 0.278 e. The van der Waals surface area contributed by atoms with Gasteiger partial charge in [0.05, 0.1) is 11.1 Å². The summed E-state index contributed by atoms with van der Waals surface area (Å²) in [6, 6.07) is 0. The van der Waals surface area contributed by atoms with Crippen LogP contribution in [0.2, 0.25) is 0 Å². The molecule has 2 aromatic rings. The molecule has 1 aliphatic rings. The van der Waals surface area contributed by atoms with Crippen molar-refractivity contribution >= 4 is 9.76 Å². The van der Waals surface area contributed by atoms with Crippen LogP contribution in [-0.4, -0.2) is 9.76 Å². The number of benzene rings is 2. The largest absolute Gasteiger partial charge is 0.400 e. The first-order chi connectivity index (χ1) is 11.6. The van der Waals surface area contributed by atoms with Gasteiger partial charge in [-0.2, -0.15) is 0 Å². The molecule has 3 rings (SSSR count). The lowest BCUT2D eigenvalue weighted by Crippen LogP contribution is -2.24. The molecule has 0 atom stereocenters. The highest BCUT2D eigenvalue weighted by Gasteiger charge is 2.59. The van der Waals surface area contributed by atoms with Gasteiger partial charge in [-0.05, 0) is 0 Å². The van der Waals surface area contributed by atoms with E-state index in [0.717, 1.165) is 0 Å². The zero-order valence-electron chi connectivity index (χ0n) is 11.2. The van der Waals surface area contributed by atoms with Crippen LogP contribution in [0.5, 0.6) is 0 Å². The van der Waals surface area contributed by atoms with Crippen LogP contribution in [0.4, 0.5) is 43.9 Å². The van der Waals surface area contributed by atoms with Crippen molar-refractivity contribution in [1.29, 1.82) is 0 Å². The highest BCUT2D eigenvalue weighted by Crippen LogP contribution is 2.49. The average molecular weight is 390 g/mol. The summed E-state index contributed by atoms with van der Waals surface area (Å²) in [6.07, 6.45) is 0. The lowest BCUT2D eigenvalue weighted by Gasteiger charge is -2.18. The molecule has 1 aliphatic heterocycles. The molecule has 0 amide bonds. The van der Waals surface area contributed by atoms with Crippen LogP contribution in [0.15, 0.2) is 0 Å². The maximum atomic E-state index is 13.9. The van der Waals surface area contributed by atoms with E-state index in [1.165, 1.54) is 0 Å². The molecular formula is C13F10OSi. The molecule has 0 N–H and O–H groups in total. The number of hydrogen-bond donors (Lipinski definition) is 0. The van der Waals surface area contributed by atoms with Crippen molar-refractivity contribution in [3.63, 3.8) is 0 Å². The summed E-state index contributed by atoms with van der Waals surface area (Å²) in [5.74, 6) is -25.0. The van der Waals surface area contributed by atoms with Crippen LogP contribution in [0.1, 0.15) is 11.1 Å². The van der Waals surface area contributed by atoms with E-state index in [1.54, 1.807) is 0 Å². The third-order valence-electron chi connectivity index (χ3n) is 3.43. The number of rotatable bonds is 2. The second-order valence-electron chi connectivity index (χ2n) is 4.78. The maximum absolute atomic E-state index is 13.9. The van der Waals surface area contributed by atoms with Crippen molar-refractivity contribution in [3.05, 3.63) is 69.3 Å². The zero-order valence-corrected chi connectivity index (χ0v) is 12.2. The van der Waals surface area contributed by atoms with Gasteiger partial charge in [-0.3, -0.25) is 0 Å². The quantitative estimate of drug-likeness (QED) is 0.249. The van der Waals surface area contributed by atoms with Crippen LogP contribution in [-0.2, 0) is 9.65 Å². The minimum Gasteiger partial charge on any atom is -0.400 e. The van der Waals surface area contributed by atoms with Crippen molar-refractivity contribution in [2.45, 2.75) is 5.22 Å². The molecule has 1 heterocycles. The second kappa shape index (κ2) is 5.46. The van der Waals surface area contributed by atoms with Gasteiger partial charge in [0.1, 0.15) is 5.22 Å². The van der Waals surface area contributed by atoms with Crippen molar-refractivity contribution < 1.29 is 48.3 Å². The molecule has 1 nitrogen and oxygen atoms in total. The van der Waals surface area contributed by atoms with Crippen LogP contribution in [0, 0.1) is 58.2 Å². The van der Waals surface area contributed by atoms with Gasteiger partial charge in [0.25, 0.3) is 9.76 Å². The fraction of sp³-hybridized carbons (Fsp3) is 0.0769. The predicted molar refractivity (Wildman–Crippen MR) is 60.1 cm³/mol. The molecule has 25 heavy (non-hydrogen) atoms. The lowest BCUT2D eigenvalue weighted by molar-refractivity contribution is 0.290. The van der Waals surface area contributed by atoms with Crippen molar-refractivity contribution in [1.82, 2.24) is 0 Å². The van der Waals surface area contributed by atoms with E-state index in [-0.39, 0.29) is 0 Å². The minimum atomic E-state index is -3.02. The molecule has 1 fully saturated rings. The van der Waals surface area contributed by atoms with E-state index in [1.807, 2.05) is 0 Å². The van der Waals surface area contributed by atoms with E-state index >= 15 is 0 Å². The molecule has 0 spiro atoms. The Kier molecular flexibility index (Phi) is 3.87. The molecule has 0 unspecified atom stereocenters. The predicted octanol–water partition coefficient (Wildman–Crippen LogP) is 3.93. The van der Waals surface area contributed by atoms with Crippen LogP contribution >= 0.6 is 0 Å². The van der Waals surface area contributed by atoms with E-state index < -0.39 is 84.3 Å². The normalized spacial score (nSPS) is 15.6. The Bertz CT molecular complexity index is 794. The third-order valence-corrected chi connectivity index (χ3v) is 4.54. The highest BCUT2D eigenvalue weighted by atomic mass is 28.2. The van der Waals surface area contributed by atoms with Crippen molar-refractivity contribution in [3.8, 4) is 0 Å². The minimum absolute atomic E-state index is 1.36. The van der Waals surface area contributed by atoms with Gasteiger partial charge < -0.3 is 4.43 Å². The van der Waals surface area contributed by atoms with Crippen LogP contribution in [0.3, 0.4) is 0 Å². The van der Waals surface area contributed by atoms with E-state index in [2.05, 4.69) is 4.43 Å². The lowest BCUT2D eigenvalue weighted by atomic mass is 9.97. The fourth-order valence-electron chi connectivity index (χ4n) is 2.21. The average Bonchev–Trinajstić information content (AvgIpc) is 3.36. The van der Waals surface area contributed by atoms with Gasteiger partial charge in [-0.15, -0.1) is 0 Å².